The van der Waals surface area contributed by atoms with E-state index in [0.717, 1.165) is 37.3 Å². The molecule has 0 amide bonds. The fraction of sp³-hybridized carbons (Fsp3) is 0.364. The van der Waals surface area contributed by atoms with Gasteiger partial charge >= 0.3 is 7.60 Å². The van der Waals surface area contributed by atoms with Crippen LogP contribution in [-0.4, -0.2) is 35.8 Å². The fourth-order valence-corrected chi connectivity index (χ4v) is 10.9. The van der Waals surface area contributed by atoms with Gasteiger partial charge in [0.1, 0.15) is 4.91 Å². The number of allylic oxidation sites excluding steroid dienone is 1. The zero-order valence-corrected chi connectivity index (χ0v) is 30.2. The van der Waals surface area contributed by atoms with Crippen LogP contribution in [0, 0.1) is 6.92 Å². The van der Waals surface area contributed by atoms with Gasteiger partial charge in [-0.15, -0.1) is 0 Å². The second kappa shape index (κ2) is 15.2. The molecule has 0 bridgehead atoms. The average Bonchev–Trinajstić information content (AvgIpc) is 3.03. The van der Waals surface area contributed by atoms with Gasteiger partial charge in [0, 0.05) is 15.6 Å². The summed E-state index contributed by atoms with van der Waals surface area (Å²) in [6, 6.07) is 17.6. The lowest BCUT2D eigenvalue weighted by Gasteiger charge is -2.40. The Hall–Kier alpha value is -2.44. The lowest BCUT2D eigenvalue weighted by atomic mass is 9.92. The van der Waals surface area contributed by atoms with E-state index >= 15 is 4.57 Å². The maximum atomic E-state index is 15.4. The SMILES string of the molecule is CCCCCOP(=O)(OCCCCC)C1(NS(=O)(=O)c2ccc(Br)cc2)C=C(S(=O)(=O)c2ccc(C)cc2)C(=O)c2ccccc21. The van der Waals surface area contributed by atoms with Crippen molar-refractivity contribution in [2.75, 3.05) is 13.2 Å². The highest BCUT2D eigenvalue weighted by Gasteiger charge is 2.58. The van der Waals surface area contributed by atoms with Gasteiger partial charge in [0.2, 0.25) is 25.6 Å². The third-order valence-electron chi connectivity index (χ3n) is 7.63. The van der Waals surface area contributed by atoms with Gasteiger partial charge in [0.15, 0.2) is 5.28 Å². The Kier molecular flexibility index (Phi) is 12.0. The van der Waals surface area contributed by atoms with Gasteiger partial charge in [-0.3, -0.25) is 9.36 Å². The van der Waals surface area contributed by atoms with Crippen LogP contribution >= 0.6 is 23.5 Å². The van der Waals surface area contributed by atoms with E-state index in [9.17, 15) is 21.6 Å². The van der Waals surface area contributed by atoms with Crippen LogP contribution in [0.2, 0.25) is 0 Å². The number of sulfonamides is 1. The molecule has 1 N–H and O–H groups in total. The third-order valence-corrected chi connectivity index (χ3v) is 14.0. The molecule has 46 heavy (non-hydrogen) atoms. The first-order valence-electron chi connectivity index (χ1n) is 15.2. The number of fused-ring (bicyclic) bond motifs is 1. The number of rotatable bonds is 16. The largest absolute Gasteiger partial charge is 0.360 e. The van der Waals surface area contributed by atoms with Gasteiger partial charge in [-0.1, -0.05) is 97.4 Å². The number of carbonyl (C=O) groups is 1. The van der Waals surface area contributed by atoms with Crippen LogP contribution in [0.3, 0.4) is 0 Å². The molecule has 0 radical (unpaired) electrons. The molecular formula is C33H39BrNO8PS2. The van der Waals surface area contributed by atoms with E-state index in [-0.39, 0.29) is 34.1 Å². The Morgan fingerprint density at radius 1 is 0.783 bits per heavy atom. The normalized spacial score (nSPS) is 17.0. The molecular weight excluding hydrogens is 713 g/mol. The molecule has 1 aliphatic carbocycles. The van der Waals surface area contributed by atoms with E-state index in [4.69, 9.17) is 9.05 Å². The van der Waals surface area contributed by atoms with E-state index in [2.05, 4.69) is 20.7 Å². The first-order chi connectivity index (χ1) is 21.8. The lowest BCUT2D eigenvalue weighted by molar-refractivity contribution is 0.103. The molecule has 0 fully saturated rings. The fourth-order valence-electron chi connectivity index (χ4n) is 5.08. The van der Waals surface area contributed by atoms with Crippen LogP contribution in [0.5, 0.6) is 0 Å². The van der Waals surface area contributed by atoms with Crippen molar-refractivity contribution in [2.24, 2.45) is 0 Å². The van der Waals surface area contributed by atoms with Gasteiger partial charge < -0.3 is 9.05 Å². The van der Waals surface area contributed by atoms with Gasteiger partial charge in [0.05, 0.1) is 23.0 Å². The number of Topliss-reactive ketones (excluding diaryl/α,β-unsaturated/α-hetero) is 1. The maximum absolute atomic E-state index is 15.4. The predicted octanol–water partition coefficient (Wildman–Crippen LogP) is 8.05. The van der Waals surface area contributed by atoms with Crippen molar-refractivity contribution in [1.82, 2.24) is 4.72 Å². The molecule has 3 aromatic carbocycles. The molecule has 0 aliphatic heterocycles. The van der Waals surface area contributed by atoms with E-state index in [1.54, 1.807) is 25.1 Å². The summed E-state index contributed by atoms with van der Waals surface area (Å²) in [7, 11) is -13.8. The minimum absolute atomic E-state index is 0.0298. The summed E-state index contributed by atoms with van der Waals surface area (Å²) in [5, 5.41) is -2.42. The van der Waals surface area contributed by atoms with E-state index < -0.39 is 43.4 Å². The second-order valence-corrected chi connectivity index (χ2v) is 17.8. The number of nitrogens with one attached hydrogen (secondary N) is 1. The molecule has 1 aliphatic rings. The van der Waals surface area contributed by atoms with Gasteiger partial charge in [-0.05, 0) is 62.2 Å². The highest BCUT2D eigenvalue weighted by molar-refractivity contribution is 9.10. The molecule has 0 aromatic heterocycles. The zero-order valence-electron chi connectivity index (χ0n) is 26.1. The number of carbonyl (C=O) groups excluding carboxylic acids is 1. The third kappa shape index (κ3) is 7.65. The quantitative estimate of drug-likeness (QED) is 0.115. The van der Waals surface area contributed by atoms with E-state index in [0.29, 0.717) is 17.3 Å². The number of benzene rings is 3. The van der Waals surface area contributed by atoms with Crippen molar-refractivity contribution in [3.8, 4) is 0 Å². The maximum Gasteiger partial charge on any atom is 0.360 e. The first-order valence-corrected chi connectivity index (χ1v) is 20.5. The highest BCUT2D eigenvalue weighted by atomic mass is 79.9. The standard InChI is InChI=1S/C33H39BrNO8PS2/c1-4-6-10-22-42-44(37,43-23-11-7-5-2)33(35-46(40,41)28-20-16-26(34)17-21-28)24-31(32(36)29-12-8-9-13-30(29)33)45(38,39)27-18-14-25(3)15-19-27/h8-9,12-21,24,35H,4-7,10-11,22-23H2,1-3H3. The molecule has 248 valence electrons. The van der Waals surface area contributed by atoms with Crippen molar-refractivity contribution in [2.45, 2.75) is 74.4 Å². The lowest BCUT2D eigenvalue weighted by Crippen LogP contribution is -2.48. The monoisotopic (exact) mass is 751 g/mol. The number of ketones is 1. The Balaban J connectivity index is 2.05. The number of halogens is 1. The molecule has 0 saturated carbocycles. The molecule has 0 heterocycles. The molecule has 0 saturated heterocycles. The number of hydrogen-bond donors (Lipinski definition) is 1. The van der Waals surface area contributed by atoms with Crippen molar-refractivity contribution in [3.05, 3.63) is 105 Å². The Morgan fingerprint density at radius 2 is 1.33 bits per heavy atom. The van der Waals surface area contributed by atoms with Crippen LogP contribution in [0.1, 0.15) is 73.9 Å². The molecule has 0 spiro atoms. The minimum atomic E-state index is -4.69. The Morgan fingerprint density at radius 3 is 1.89 bits per heavy atom. The number of hydrogen-bond acceptors (Lipinski definition) is 8. The van der Waals surface area contributed by atoms with E-state index in [1.165, 1.54) is 54.6 Å². The van der Waals surface area contributed by atoms with Crippen LogP contribution < -0.4 is 4.72 Å². The van der Waals surface area contributed by atoms with Crippen LogP contribution in [0.15, 0.2) is 98.0 Å². The molecule has 9 nitrogen and oxygen atoms in total. The van der Waals surface area contributed by atoms with Gasteiger partial charge in [-0.25, -0.2) is 16.8 Å². The molecule has 1 atom stereocenters. The van der Waals surface area contributed by atoms with Crippen molar-refractivity contribution < 1.29 is 35.2 Å². The van der Waals surface area contributed by atoms with Crippen molar-refractivity contribution >= 4 is 49.2 Å². The van der Waals surface area contributed by atoms with Crippen LogP contribution in [-0.2, 0) is 38.8 Å². The van der Waals surface area contributed by atoms with Crippen LogP contribution in [0.25, 0.3) is 0 Å². The second-order valence-electron chi connectivity index (χ2n) is 11.1. The minimum Gasteiger partial charge on any atom is -0.307 e. The highest BCUT2D eigenvalue weighted by Crippen LogP contribution is 2.67. The summed E-state index contributed by atoms with van der Waals surface area (Å²) in [6.45, 7) is 5.67. The Bertz CT molecular complexity index is 1830. The molecule has 3 aromatic rings. The summed E-state index contributed by atoms with van der Waals surface area (Å²) in [5.74, 6) is -0.863. The van der Waals surface area contributed by atoms with E-state index in [1.807, 2.05) is 13.8 Å². The smallest absolute Gasteiger partial charge is 0.307 e. The summed E-state index contributed by atoms with van der Waals surface area (Å²) in [4.78, 5) is 12.9. The van der Waals surface area contributed by atoms with Gasteiger partial charge in [-0.2, -0.15) is 4.72 Å². The first kappa shape index (κ1) is 36.4. The molecule has 13 heteroatoms. The summed E-state index contributed by atoms with van der Waals surface area (Å²) in [5.41, 5.74) is 0.636. The average molecular weight is 753 g/mol. The van der Waals surface area contributed by atoms with Crippen molar-refractivity contribution in [1.29, 1.82) is 0 Å². The van der Waals surface area contributed by atoms with Gasteiger partial charge in [0.25, 0.3) is 0 Å². The summed E-state index contributed by atoms with van der Waals surface area (Å²) in [6.07, 6.45) is 5.08. The molecule has 4 rings (SSSR count). The molecule has 1 unspecified atom stereocenters. The topological polar surface area (TPSA) is 133 Å². The Labute approximate surface area is 280 Å². The summed E-state index contributed by atoms with van der Waals surface area (Å²) >= 11 is 3.31. The number of aryl methyl sites for hydroxylation is 1. The zero-order chi connectivity index (χ0) is 33.6. The van der Waals surface area contributed by atoms with Crippen LogP contribution in [0.4, 0.5) is 0 Å². The number of unbranched alkanes of at least 4 members (excludes halogenated alkanes) is 4. The summed E-state index contributed by atoms with van der Waals surface area (Å²) < 4.78 is 87.3. The van der Waals surface area contributed by atoms with Crippen molar-refractivity contribution in [3.63, 3.8) is 0 Å². The number of sulfone groups is 1. The predicted molar refractivity (Wildman–Crippen MR) is 182 cm³/mol.